The molecule has 0 atom stereocenters. The van der Waals surface area contributed by atoms with Crippen LogP contribution in [0.3, 0.4) is 0 Å². The first-order valence-corrected chi connectivity index (χ1v) is 6.91. The highest BCUT2D eigenvalue weighted by Crippen LogP contribution is 2.14. The third kappa shape index (κ3) is 8.04. The third-order valence-electron chi connectivity index (χ3n) is 2.16. The number of rotatable bonds is 4. The Hall–Kier alpha value is -1.95. The molecular formula is C14H20ClN3O3. The normalized spacial score (nSPS) is 10.7. The lowest BCUT2D eigenvalue weighted by molar-refractivity contribution is 0.0528. The summed E-state index contributed by atoms with van der Waals surface area (Å²) in [6, 6.07) is 6.45. The van der Waals surface area contributed by atoms with Gasteiger partial charge in [0.2, 0.25) is 0 Å². The topological polar surface area (TPSA) is 79.5 Å². The maximum atomic E-state index is 11.6. The Kier molecular flexibility index (Phi) is 6.30. The molecule has 0 heterocycles. The first-order chi connectivity index (χ1) is 9.76. The van der Waals surface area contributed by atoms with Gasteiger partial charge in [-0.2, -0.15) is 0 Å². The van der Waals surface area contributed by atoms with Crippen LogP contribution < -0.4 is 16.0 Å². The second kappa shape index (κ2) is 7.73. The van der Waals surface area contributed by atoms with E-state index in [1.165, 1.54) is 0 Å². The van der Waals surface area contributed by atoms with Gasteiger partial charge in [0.15, 0.2) is 0 Å². The second-order valence-electron chi connectivity index (χ2n) is 5.32. The van der Waals surface area contributed by atoms with Gasteiger partial charge in [0.05, 0.1) is 0 Å². The van der Waals surface area contributed by atoms with E-state index in [0.717, 1.165) is 0 Å². The average Bonchev–Trinajstić information content (AvgIpc) is 2.32. The number of alkyl carbamates (subject to hydrolysis) is 1. The largest absolute Gasteiger partial charge is 0.444 e. The Morgan fingerprint density at radius 3 is 2.48 bits per heavy atom. The van der Waals surface area contributed by atoms with E-state index in [1.807, 2.05) is 0 Å². The monoisotopic (exact) mass is 313 g/mol. The van der Waals surface area contributed by atoms with Crippen molar-refractivity contribution in [1.82, 2.24) is 10.6 Å². The number of carbonyl (C=O) groups excluding carboxylic acids is 2. The van der Waals surface area contributed by atoms with Crippen LogP contribution in [-0.4, -0.2) is 30.8 Å². The number of halogens is 1. The second-order valence-corrected chi connectivity index (χ2v) is 5.76. The summed E-state index contributed by atoms with van der Waals surface area (Å²) in [5.41, 5.74) is 0.0571. The van der Waals surface area contributed by atoms with Crippen molar-refractivity contribution in [3.8, 4) is 0 Å². The van der Waals surface area contributed by atoms with Gasteiger partial charge in [0.25, 0.3) is 0 Å². The maximum Gasteiger partial charge on any atom is 0.407 e. The number of anilines is 1. The molecule has 21 heavy (non-hydrogen) atoms. The third-order valence-corrected chi connectivity index (χ3v) is 2.40. The van der Waals surface area contributed by atoms with Crippen molar-refractivity contribution in [3.63, 3.8) is 0 Å². The van der Waals surface area contributed by atoms with Gasteiger partial charge in [-0.3, -0.25) is 0 Å². The summed E-state index contributed by atoms with van der Waals surface area (Å²) < 4.78 is 5.06. The van der Waals surface area contributed by atoms with Gasteiger partial charge >= 0.3 is 12.1 Å². The Balaban J connectivity index is 2.21. The molecule has 0 aliphatic carbocycles. The highest BCUT2D eigenvalue weighted by molar-refractivity contribution is 6.30. The summed E-state index contributed by atoms with van der Waals surface area (Å²) in [5.74, 6) is 0. The van der Waals surface area contributed by atoms with Crippen LogP contribution in [0, 0.1) is 0 Å². The molecule has 6 nitrogen and oxygen atoms in total. The summed E-state index contributed by atoms with van der Waals surface area (Å²) >= 11 is 5.81. The molecule has 3 amide bonds. The van der Waals surface area contributed by atoms with Crippen molar-refractivity contribution in [3.05, 3.63) is 29.3 Å². The highest BCUT2D eigenvalue weighted by atomic mass is 35.5. The van der Waals surface area contributed by atoms with Crippen LogP contribution in [0.1, 0.15) is 20.8 Å². The minimum absolute atomic E-state index is 0.276. The molecule has 0 aliphatic rings. The Morgan fingerprint density at radius 1 is 1.19 bits per heavy atom. The predicted octanol–water partition coefficient (Wildman–Crippen LogP) is 2.99. The zero-order chi connectivity index (χ0) is 15.9. The summed E-state index contributed by atoms with van der Waals surface area (Å²) in [6.07, 6.45) is -0.514. The van der Waals surface area contributed by atoms with Crippen LogP contribution in [0.15, 0.2) is 24.3 Å². The van der Waals surface area contributed by atoms with Crippen molar-refractivity contribution in [2.75, 3.05) is 18.4 Å². The molecule has 0 radical (unpaired) electrons. The average molecular weight is 314 g/mol. The molecule has 116 valence electrons. The van der Waals surface area contributed by atoms with Crippen molar-refractivity contribution in [1.29, 1.82) is 0 Å². The van der Waals surface area contributed by atoms with E-state index in [9.17, 15) is 9.59 Å². The van der Waals surface area contributed by atoms with E-state index < -0.39 is 11.7 Å². The van der Waals surface area contributed by atoms with Crippen molar-refractivity contribution >= 4 is 29.4 Å². The number of nitrogens with one attached hydrogen (secondary N) is 3. The van der Waals surface area contributed by atoms with Gasteiger partial charge in [-0.25, -0.2) is 9.59 Å². The standard InChI is InChI=1S/C14H20ClN3O3/c1-14(2,3)21-13(20)17-8-7-16-12(19)18-11-6-4-5-10(15)9-11/h4-6,9H,7-8H2,1-3H3,(H,17,20)(H2,16,18,19). The number of hydrogen-bond acceptors (Lipinski definition) is 3. The van der Waals surface area contributed by atoms with Gasteiger partial charge in [-0.05, 0) is 39.0 Å². The predicted molar refractivity (Wildman–Crippen MR) is 82.7 cm³/mol. The number of amides is 3. The van der Waals surface area contributed by atoms with Crippen LogP contribution in [0.4, 0.5) is 15.3 Å². The zero-order valence-corrected chi connectivity index (χ0v) is 13.1. The van der Waals surface area contributed by atoms with Crippen molar-refractivity contribution in [2.45, 2.75) is 26.4 Å². The fraction of sp³-hybridized carbons (Fsp3) is 0.429. The van der Waals surface area contributed by atoms with Crippen LogP contribution >= 0.6 is 11.6 Å². The van der Waals surface area contributed by atoms with Crippen LogP contribution in [-0.2, 0) is 4.74 Å². The molecule has 7 heteroatoms. The molecule has 0 bridgehead atoms. The number of ether oxygens (including phenoxy) is 1. The molecule has 1 aromatic carbocycles. The summed E-state index contributed by atoms with van der Waals surface area (Å²) in [4.78, 5) is 22.9. The quantitative estimate of drug-likeness (QED) is 0.748. The summed E-state index contributed by atoms with van der Waals surface area (Å²) in [7, 11) is 0. The van der Waals surface area contributed by atoms with Gasteiger partial charge in [0, 0.05) is 23.8 Å². The van der Waals surface area contributed by atoms with E-state index in [2.05, 4.69) is 16.0 Å². The number of hydrogen-bond donors (Lipinski definition) is 3. The summed E-state index contributed by atoms with van der Waals surface area (Å²) in [5, 5.41) is 8.32. The maximum absolute atomic E-state index is 11.6. The molecular weight excluding hydrogens is 294 g/mol. The molecule has 0 spiro atoms. The lowest BCUT2D eigenvalue weighted by Gasteiger charge is -2.19. The minimum atomic E-state index is -0.540. The molecule has 0 saturated carbocycles. The Morgan fingerprint density at radius 2 is 1.86 bits per heavy atom. The highest BCUT2D eigenvalue weighted by Gasteiger charge is 2.15. The van der Waals surface area contributed by atoms with Gasteiger partial charge in [-0.15, -0.1) is 0 Å². The fourth-order valence-corrected chi connectivity index (χ4v) is 1.59. The zero-order valence-electron chi connectivity index (χ0n) is 12.3. The SMILES string of the molecule is CC(C)(C)OC(=O)NCCNC(=O)Nc1cccc(Cl)c1. The molecule has 1 rings (SSSR count). The van der Waals surface area contributed by atoms with Gasteiger partial charge in [-0.1, -0.05) is 17.7 Å². The van der Waals surface area contributed by atoms with Gasteiger partial charge < -0.3 is 20.7 Å². The van der Waals surface area contributed by atoms with Crippen molar-refractivity contribution in [2.24, 2.45) is 0 Å². The van der Waals surface area contributed by atoms with Crippen LogP contribution in [0.5, 0.6) is 0 Å². The fourth-order valence-electron chi connectivity index (χ4n) is 1.40. The first-order valence-electron chi connectivity index (χ1n) is 6.53. The van der Waals surface area contributed by atoms with E-state index in [4.69, 9.17) is 16.3 Å². The molecule has 0 saturated heterocycles. The number of carbonyl (C=O) groups is 2. The Labute approximate surface area is 129 Å². The molecule has 0 aliphatic heterocycles. The smallest absolute Gasteiger partial charge is 0.407 e. The van der Waals surface area contributed by atoms with Crippen molar-refractivity contribution < 1.29 is 14.3 Å². The van der Waals surface area contributed by atoms with Gasteiger partial charge in [0.1, 0.15) is 5.60 Å². The van der Waals surface area contributed by atoms with E-state index in [1.54, 1.807) is 45.0 Å². The minimum Gasteiger partial charge on any atom is -0.444 e. The lowest BCUT2D eigenvalue weighted by Crippen LogP contribution is -2.39. The van der Waals surface area contributed by atoms with E-state index >= 15 is 0 Å². The Bertz CT molecular complexity index is 500. The molecule has 3 N–H and O–H groups in total. The molecule has 0 fully saturated rings. The number of urea groups is 1. The van der Waals surface area contributed by atoms with E-state index in [-0.39, 0.29) is 19.1 Å². The first kappa shape index (κ1) is 17.1. The van der Waals surface area contributed by atoms with Crippen LogP contribution in [0.25, 0.3) is 0 Å². The van der Waals surface area contributed by atoms with E-state index in [0.29, 0.717) is 10.7 Å². The van der Waals surface area contributed by atoms with Crippen LogP contribution in [0.2, 0.25) is 5.02 Å². The molecule has 0 unspecified atom stereocenters. The number of benzene rings is 1. The lowest BCUT2D eigenvalue weighted by atomic mass is 10.2. The molecule has 1 aromatic rings. The molecule has 0 aromatic heterocycles. The summed E-state index contributed by atoms with van der Waals surface area (Å²) in [6.45, 7) is 5.90.